The van der Waals surface area contributed by atoms with Crippen molar-refractivity contribution in [3.63, 3.8) is 0 Å². The highest BCUT2D eigenvalue weighted by Crippen LogP contribution is 2.35. The Kier molecular flexibility index (Phi) is 6.42. The molecule has 1 aliphatic rings. The molecule has 7 nitrogen and oxygen atoms in total. The second-order valence-corrected chi connectivity index (χ2v) is 11.3. The van der Waals surface area contributed by atoms with Crippen molar-refractivity contribution in [1.29, 1.82) is 0 Å². The van der Waals surface area contributed by atoms with Crippen LogP contribution in [0, 0.1) is 0 Å². The third kappa shape index (κ3) is 5.03. The number of hydrogen-bond donors (Lipinski definition) is 1. The van der Waals surface area contributed by atoms with Crippen molar-refractivity contribution in [2.45, 2.75) is 23.5 Å². The van der Waals surface area contributed by atoms with Crippen LogP contribution in [0.1, 0.15) is 19.4 Å². The lowest BCUT2D eigenvalue weighted by atomic mass is 9.84. The number of carbonyl (C=O) groups is 1. The SMILES string of the molecule is CN(CC(=O)NCC(C)(C)c1ccc2c(c1)OCCO2)S(=O)(=O)c1ccc(Cl)s1. The van der Waals surface area contributed by atoms with Crippen molar-refractivity contribution in [1.82, 2.24) is 9.62 Å². The number of rotatable bonds is 7. The first kappa shape index (κ1) is 21.9. The molecule has 10 heteroatoms. The van der Waals surface area contributed by atoms with E-state index in [-0.39, 0.29) is 22.1 Å². The van der Waals surface area contributed by atoms with Gasteiger partial charge in [-0.15, -0.1) is 11.3 Å². The quantitative estimate of drug-likeness (QED) is 0.689. The van der Waals surface area contributed by atoms with E-state index in [0.717, 1.165) is 21.2 Å². The van der Waals surface area contributed by atoms with Crippen LogP contribution >= 0.6 is 22.9 Å². The summed E-state index contributed by atoms with van der Waals surface area (Å²) >= 11 is 6.78. The summed E-state index contributed by atoms with van der Waals surface area (Å²) in [6, 6.07) is 8.67. The highest BCUT2D eigenvalue weighted by molar-refractivity contribution is 7.91. The smallest absolute Gasteiger partial charge is 0.252 e. The number of ether oxygens (including phenoxy) is 2. The molecular formula is C19H23ClN2O5S2. The Bertz CT molecular complexity index is 1000. The molecule has 0 aliphatic carbocycles. The van der Waals surface area contributed by atoms with E-state index >= 15 is 0 Å². The lowest BCUT2D eigenvalue weighted by Crippen LogP contribution is -2.42. The van der Waals surface area contributed by atoms with E-state index in [0.29, 0.717) is 35.6 Å². The van der Waals surface area contributed by atoms with E-state index in [1.807, 2.05) is 32.0 Å². The lowest BCUT2D eigenvalue weighted by molar-refractivity contribution is -0.121. The number of benzene rings is 1. The fourth-order valence-electron chi connectivity index (χ4n) is 2.82. The molecule has 1 amide bonds. The number of amides is 1. The van der Waals surface area contributed by atoms with Crippen LogP contribution < -0.4 is 14.8 Å². The molecule has 0 saturated carbocycles. The van der Waals surface area contributed by atoms with Gasteiger partial charge in [0.15, 0.2) is 11.5 Å². The second-order valence-electron chi connectivity index (χ2n) is 7.34. The minimum Gasteiger partial charge on any atom is -0.486 e. The zero-order valence-electron chi connectivity index (χ0n) is 16.4. The van der Waals surface area contributed by atoms with Gasteiger partial charge in [-0.25, -0.2) is 8.42 Å². The highest BCUT2D eigenvalue weighted by atomic mass is 35.5. The maximum absolute atomic E-state index is 12.5. The summed E-state index contributed by atoms with van der Waals surface area (Å²) in [4.78, 5) is 12.4. The van der Waals surface area contributed by atoms with Gasteiger partial charge in [0.05, 0.1) is 10.9 Å². The predicted octanol–water partition coefficient (Wildman–Crippen LogP) is 2.89. The van der Waals surface area contributed by atoms with Crippen LogP contribution in [0.2, 0.25) is 4.34 Å². The number of nitrogens with one attached hydrogen (secondary N) is 1. The number of halogens is 1. The van der Waals surface area contributed by atoms with E-state index in [1.54, 1.807) is 0 Å². The summed E-state index contributed by atoms with van der Waals surface area (Å²) in [5.41, 5.74) is 0.598. The molecule has 0 saturated heterocycles. The summed E-state index contributed by atoms with van der Waals surface area (Å²) in [6.45, 7) is 5.07. The first-order valence-electron chi connectivity index (χ1n) is 8.98. The predicted molar refractivity (Wildman–Crippen MR) is 113 cm³/mol. The normalized spacial score (nSPS) is 14.1. The van der Waals surface area contributed by atoms with Gasteiger partial charge in [0.1, 0.15) is 17.4 Å². The topological polar surface area (TPSA) is 84.9 Å². The van der Waals surface area contributed by atoms with E-state index in [1.165, 1.54) is 19.2 Å². The molecule has 1 aromatic heterocycles. The van der Waals surface area contributed by atoms with Crippen LogP contribution in [0.15, 0.2) is 34.5 Å². The van der Waals surface area contributed by atoms with Crippen molar-refractivity contribution < 1.29 is 22.7 Å². The van der Waals surface area contributed by atoms with Crippen molar-refractivity contribution in [3.8, 4) is 11.5 Å². The van der Waals surface area contributed by atoms with Crippen LogP contribution in [0.3, 0.4) is 0 Å². The Morgan fingerprint density at radius 1 is 1.21 bits per heavy atom. The number of fused-ring (bicyclic) bond motifs is 1. The molecule has 0 bridgehead atoms. The molecule has 0 spiro atoms. The lowest BCUT2D eigenvalue weighted by Gasteiger charge is -2.28. The van der Waals surface area contributed by atoms with Crippen molar-refractivity contribution in [2.75, 3.05) is 33.4 Å². The van der Waals surface area contributed by atoms with E-state index < -0.39 is 10.0 Å². The van der Waals surface area contributed by atoms with Crippen LogP contribution in [0.25, 0.3) is 0 Å². The van der Waals surface area contributed by atoms with Gasteiger partial charge in [0, 0.05) is 19.0 Å². The minimum absolute atomic E-state index is 0.106. The third-order valence-electron chi connectivity index (χ3n) is 4.63. The van der Waals surface area contributed by atoms with Gasteiger partial charge < -0.3 is 14.8 Å². The molecular weight excluding hydrogens is 436 g/mol. The minimum atomic E-state index is -3.75. The van der Waals surface area contributed by atoms with E-state index in [2.05, 4.69) is 5.32 Å². The molecule has 158 valence electrons. The number of sulfonamides is 1. The molecule has 0 radical (unpaired) electrons. The fourth-order valence-corrected chi connectivity index (χ4v) is 5.64. The molecule has 0 fully saturated rings. The summed E-state index contributed by atoms with van der Waals surface area (Å²) in [5.74, 6) is 1.01. The number of thiophene rings is 1. The Hall–Kier alpha value is -1.81. The zero-order valence-corrected chi connectivity index (χ0v) is 18.8. The fraction of sp³-hybridized carbons (Fsp3) is 0.421. The second kappa shape index (κ2) is 8.51. The van der Waals surface area contributed by atoms with Gasteiger partial charge in [-0.3, -0.25) is 4.79 Å². The van der Waals surface area contributed by atoms with Gasteiger partial charge in [-0.1, -0.05) is 31.5 Å². The molecule has 0 unspecified atom stereocenters. The van der Waals surface area contributed by atoms with Crippen molar-refractivity contribution >= 4 is 38.9 Å². The van der Waals surface area contributed by atoms with Crippen molar-refractivity contribution in [3.05, 3.63) is 40.2 Å². The molecule has 2 heterocycles. The maximum Gasteiger partial charge on any atom is 0.252 e. The Labute approximate surface area is 179 Å². The monoisotopic (exact) mass is 458 g/mol. The summed E-state index contributed by atoms with van der Waals surface area (Å²) < 4.78 is 37.7. The Morgan fingerprint density at radius 3 is 2.55 bits per heavy atom. The van der Waals surface area contributed by atoms with Gasteiger partial charge in [0.2, 0.25) is 5.91 Å². The summed E-state index contributed by atoms with van der Waals surface area (Å²) in [5, 5.41) is 2.82. The highest BCUT2D eigenvalue weighted by Gasteiger charge is 2.27. The maximum atomic E-state index is 12.5. The number of nitrogens with zero attached hydrogens (tertiary/aromatic N) is 1. The molecule has 2 aromatic rings. The first-order chi connectivity index (χ1) is 13.6. The van der Waals surface area contributed by atoms with E-state index in [4.69, 9.17) is 21.1 Å². The Balaban J connectivity index is 1.60. The number of hydrogen-bond acceptors (Lipinski definition) is 6. The number of carbonyl (C=O) groups excluding carboxylic acids is 1. The van der Waals surface area contributed by atoms with Crippen molar-refractivity contribution in [2.24, 2.45) is 0 Å². The molecule has 1 N–H and O–H groups in total. The molecule has 0 atom stereocenters. The van der Waals surface area contributed by atoms with Gasteiger partial charge in [-0.05, 0) is 29.8 Å². The average molecular weight is 459 g/mol. The van der Waals surface area contributed by atoms with Crippen LogP contribution in [0.4, 0.5) is 0 Å². The number of likely N-dealkylation sites (N-methyl/N-ethyl adjacent to an activating group) is 1. The van der Waals surface area contributed by atoms with Crippen LogP contribution in [-0.2, 0) is 20.2 Å². The average Bonchev–Trinajstić information content (AvgIpc) is 3.13. The first-order valence-corrected chi connectivity index (χ1v) is 11.6. The van der Waals surface area contributed by atoms with E-state index in [9.17, 15) is 13.2 Å². The third-order valence-corrected chi connectivity index (χ3v) is 8.13. The molecule has 1 aliphatic heterocycles. The van der Waals surface area contributed by atoms with Crippen LogP contribution in [-0.4, -0.2) is 52.0 Å². The van der Waals surface area contributed by atoms with Gasteiger partial charge in [0.25, 0.3) is 10.0 Å². The summed E-state index contributed by atoms with van der Waals surface area (Å²) in [6.07, 6.45) is 0. The zero-order chi connectivity index (χ0) is 21.2. The molecule has 1 aromatic carbocycles. The summed E-state index contributed by atoms with van der Waals surface area (Å²) in [7, 11) is -2.38. The molecule has 3 rings (SSSR count). The standard InChI is InChI=1S/C19H23ClN2O5S2/c1-19(2,13-4-5-14-15(10-13)27-9-8-26-14)12-21-17(23)11-22(3)29(24,25)18-7-6-16(20)28-18/h4-7,10H,8-9,11-12H2,1-3H3,(H,21,23). The Morgan fingerprint density at radius 2 is 1.90 bits per heavy atom. The largest absolute Gasteiger partial charge is 0.486 e. The van der Waals surface area contributed by atoms with Crippen LogP contribution in [0.5, 0.6) is 11.5 Å². The van der Waals surface area contributed by atoms with Gasteiger partial charge in [-0.2, -0.15) is 4.31 Å². The molecule has 29 heavy (non-hydrogen) atoms. The van der Waals surface area contributed by atoms with Gasteiger partial charge >= 0.3 is 0 Å².